The number of unbranched alkanes of at least 4 members (excludes halogenated alkanes) is 1. The summed E-state index contributed by atoms with van der Waals surface area (Å²) in [4.78, 5) is 3.93. The number of halogens is 1. The lowest BCUT2D eigenvalue weighted by atomic mass is 10.3. The van der Waals surface area contributed by atoms with Gasteiger partial charge < -0.3 is 10.4 Å². The number of nitrogens with one attached hydrogen (secondary N) is 1. The first-order chi connectivity index (χ1) is 6.33. The summed E-state index contributed by atoms with van der Waals surface area (Å²) < 4.78 is 0. The summed E-state index contributed by atoms with van der Waals surface area (Å²) in [7, 11) is 0. The van der Waals surface area contributed by atoms with Gasteiger partial charge >= 0.3 is 0 Å². The van der Waals surface area contributed by atoms with E-state index in [9.17, 15) is 0 Å². The Morgan fingerprint density at radius 1 is 1.38 bits per heavy atom. The first-order valence-corrected chi connectivity index (χ1v) is 4.67. The van der Waals surface area contributed by atoms with Crippen LogP contribution in [-0.4, -0.2) is 23.2 Å². The molecule has 0 aliphatic carbocycles. The molecule has 72 valence electrons. The van der Waals surface area contributed by atoms with Gasteiger partial charge in [-0.25, -0.2) is 4.98 Å². The summed E-state index contributed by atoms with van der Waals surface area (Å²) in [5.74, 6) is 0. The molecule has 0 bridgehead atoms. The number of rotatable bonds is 5. The minimum absolute atomic E-state index is 0.251. The van der Waals surface area contributed by atoms with Crippen LogP contribution < -0.4 is 5.32 Å². The molecule has 0 amide bonds. The maximum atomic E-state index is 8.54. The molecule has 0 saturated carbocycles. The minimum Gasteiger partial charge on any atom is -0.396 e. The van der Waals surface area contributed by atoms with Crippen LogP contribution in [0.5, 0.6) is 0 Å². The third-order valence-corrected chi connectivity index (χ3v) is 1.86. The van der Waals surface area contributed by atoms with E-state index in [1.807, 2.05) is 6.07 Å². The normalized spacial score (nSPS) is 10.0. The number of hydrogen-bond acceptors (Lipinski definition) is 3. The highest BCUT2D eigenvalue weighted by Gasteiger charge is 1.92. The molecular formula is C9H13ClN2O. The largest absolute Gasteiger partial charge is 0.396 e. The highest BCUT2D eigenvalue weighted by molar-refractivity contribution is 6.29. The molecule has 0 aliphatic heterocycles. The van der Waals surface area contributed by atoms with Crippen molar-refractivity contribution in [2.75, 3.05) is 18.5 Å². The Hall–Kier alpha value is -0.800. The maximum absolute atomic E-state index is 8.54. The van der Waals surface area contributed by atoms with Gasteiger partial charge in [0.1, 0.15) is 5.15 Å². The fourth-order valence-electron chi connectivity index (χ4n) is 0.950. The molecule has 0 atom stereocenters. The maximum Gasteiger partial charge on any atom is 0.129 e. The summed E-state index contributed by atoms with van der Waals surface area (Å²) in [6, 6.07) is 3.63. The number of nitrogens with zero attached hydrogens (tertiary/aromatic N) is 1. The van der Waals surface area contributed by atoms with E-state index in [1.165, 1.54) is 0 Å². The van der Waals surface area contributed by atoms with Crippen molar-refractivity contribution in [2.45, 2.75) is 12.8 Å². The fraction of sp³-hybridized carbons (Fsp3) is 0.444. The van der Waals surface area contributed by atoms with Gasteiger partial charge in [-0.3, -0.25) is 0 Å². The second-order valence-corrected chi connectivity index (χ2v) is 3.11. The minimum atomic E-state index is 0.251. The van der Waals surface area contributed by atoms with Gasteiger partial charge in [0.15, 0.2) is 0 Å². The van der Waals surface area contributed by atoms with E-state index in [0.29, 0.717) is 5.15 Å². The molecule has 1 aromatic rings. The number of anilines is 1. The van der Waals surface area contributed by atoms with Gasteiger partial charge in [0.2, 0.25) is 0 Å². The fourth-order valence-corrected chi connectivity index (χ4v) is 1.06. The van der Waals surface area contributed by atoms with Crippen molar-refractivity contribution < 1.29 is 5.11 Å². The molecule has 4 heteroatoms. The van der Waals surface area contributed by atoms with Crippen molar-refractivity contribution in [3.8, 4) is 0 Å². The SMILES string of the molecule is OCCCCNc1ccc(Cl)nc1. The molecule has 1 heterocycles. The number of aliphatic hydroxyl groups is 1. The lowest BCUT2D eigenvalue weighted by Crippen LogP contribution is -2.02. The molecule has 0 aromatic carbocycles. The Bertz CT molecular complexity index is 238. The lowest BCUT2D eigenvalue weighted by Gasteiger charge is -2.04. The van der Waals surface area contributed by atoms with Crippen LogP contribution in [-0.2, 0) is 0 Å². The zero-order valence-corrected chi connectivity index (χ0v) is 8.09. The predicted molar refractivity (Wildman–Crippen MR) is 54.1 cm³/mol. The van der Waals surface area contributed by atoms with E-state index in [1.54, 1.807) is 12.3 Å². The molecule has 0 aliphatic rings. The van der Waals surface area contributed by atoms with Gasteiger partial charge in [0.05, 0.1) is 11.9 Å². The molecule has 13 heavy (non-hydrogen) atoms. The standard InChI is InChI=1S/C9H13ClN2O/c10-9-4-3-8(7-12-9)11-5-1-2-6-13/h3-4,7,11,13H,1-2,5-6H2. The van der Waals surface area contributed by atoms with Crippen molar-refractivity contribution in [2.24, 2.45) is 0 Å². The van der Waals surface area contributed by atoms with E-state index in [0.717, 1.165) is 25.1 Å². The lowest BCUT2D eigenvalue weighted by molar-refractivity contribution is 0.286. The molecule has 3 nitrogen and oxygen atoms in total. The molecular weight excluding hydrogens is 188 g/mol. The summed E-state index contributed by atoms with van der Waals surface area (Å²) >= 11 is 5.62. The quantitative estimate of drug-likeness (QED) is 0.564. The van der Waals surface area contributed by atoms with Gasteiger partial charge in [-0.15, -0.1) is 0 Å². The summed E-state index contributed by atoms with van der Waals surface area (Å²) in [5, 5.41) is 12.2. The van der Waals surface area contributed by atoms with Crippen LogP contribution in [0.25, 0.3) is 0 Å². The average Bonchev–Trinajstić information content (AvgIpc) is 2.15. The molecule has 1 aromatic heterocycles. The molecule has 0 unspecified atom stereocenters. The average molecular weight is 201 g/mol. The van der Waals surface area contributed by atoms with E-state index in [-0.39, 0.29) is 6.61 Å². The number of aromatic nitrogens is 1. The van der Waals surface area contributed by atoms with Crippen molar-refractivity contribution >= 4 is 17.3 Å². The number of pyridine rings is 1. The third-order valence-electron chi connectivity index (χ3n) is 1.64. The highest BCUT2D eigenvalue weighted by atomic mass is 35.5. The van der Waals surface area contributed by atoms with Gasteiger partial charge in [-0.2, -0.15) is 0 Å². The number of aliphatic hydroxyl groups excluding tert-OH is 1. The van der Waals surface area contributed by atoms with E-state index < -0.39 is 0 Å². The highest BCUT2D eigenvalue weighted by Crippen LogP contribution is 2.09. The first kappa shape index (κ1) is 10.3. The van der Waals surface area contributed by atoms with Gasteiger partial charge in [0.25, 0.3) is 0 Å². The zero-order valence-electron chi connectivity index (χ0n) is 7.33. The van der Waals surface area contributed by atoms with Gasteiger partial charge in [-0.1, -0.05) is 11.6 Å². The summed E-state index contributed by atoms with van der Waals surface area (Å²) in [5.41, 5.74) is 0.960. The van der Waals surface area contributed by atoms with Crippen LogP contribution in [0.15, 0.2) is 18.3 Å². The van der Waals surface area contributed by atoms with E-state index in [2.05, 4.69) is 10.3 Å². The van der Waals surface area contributed by atoms with E-state index >= 15 is 0 Å². The molecule has 1 rings (SSSR count). The summed E-state index contributed by atoms with van der Waals surface area (Å²) in [6.45, 7) is 1.10. The number of hydrogen-bond donors (Lipinski definition) is 2. The molecule has 0 spiro atoms. The zero-order chi connectivity index (χ0) is 9.52. The van der Waals surface area contributed by atoms with Crippen molar-refractivity contribution in [1.82, 2.24) is 4.98 Å². The van der Waals surface area contributed by atoms with E-state index in [4.69, 9.17) is 16.7 Å². The topological polar surface area (TPSA) is 45.1 Å². The first-order valence-electron chi connectivity index (χ1n) is 4.29. The van der Waals surface area contributed by atoms with Gasteiger partial charge in [-0.05, 0) is 25.0 Å². The molecule has 0 radical (unpaired) electrons. The van der Waals surface area contributed by atoms with Crippen molar-refractivity contribution in [3.63, 3.8) is 0 Å². The molecule has 2 N–H and O–H groups in total. The third kappa shape index (κ3) is 4.10. The van der Waals surface area contributed by atoms with Crippen LogP contribution in [0.4, 0.5) is 5.69 Å². The van der Waals surface area contributed by atoms with Crippen LogP contribution in [0.3, 0.4) is 0 Å². The second kappa shape index (κ2) is 5.78. The Labute approximate surface area is 82.8 Å². The summed E-state index contributed by atoms with van der Waals surface area (Å²) in [6.07, 6.45) is 3.48. The van der Waals surface area contributed by atoms with Crippen LogP contribution in [0.2, 0.25) is 5.15 Å². The van der Waals surface area contributed by atoms with Crippen LogP contribution >= 0.6 is 11.6 Å². The van der Waals surface area contributed by atoms with Crippen molar-refractivity contribution in [3.05, 3.63) is 23.5 Å². The molecule has 0 fully saturated rings. The Kier molecular flexibility index (Phi) is 4.57. The Morgan fingerprint density at radius 3 is 2.85 bits per heavy atom. The van der Waals surface area contributed by atoms with Crippen molar-refractivity contribution in [1.29, 1.82) is 0 Å². The van der Waals surface area contributed by atoms with Crippen LogP contribution in [0, 0.1) is 0 Å². The molecule has 0 saturated heterocycles. The van der Waals surface area contributed by atoms with Gasteiger partial charge in [0, 0.05) is 13.2 Å². The van der Waals surface area contributed by atoms with Crippen LogP contribution in [0.1, 0.15) is 12.8 Å². The Morgan fingerprint density at radius 2 is 2.23 bits per heavy atom. The Balaban J connectivity index is 2.25. The smallest absolute Gasteiger partial charge is 0.129 e. The second-order valence-electron chi connectivity index (χ2n) is 2.73. The monoisotopic (exact) mass is 200 g/mol. The predicted octanol–water partition coefficient (Wildman–Crippen LogP) is 1.92.